The molecule has 84 valence electrons. The van der Waals surface area contributed by atoms with Gasteiger partial charge in [0.05, 0.1) is 5.38 Å². The van der Waals surface area contributed by atoms with Crippen LogP contribution in [0.15, 0.2) is 18.3 Å². The third-order valence-electron chi connectivity index (χ3n) is 2.31. The molecular weight excluding hydrogens is 234 g/mol. The number of carbonyl (C=O) groups is 1. The third-order valence-corrected chi connectivity index (χ3v) is 2.60. The van der Waals surface area contributed by atoms with E-state index in [1.807, 2.05) is 0 Å². The molecule has 1 aromatic heterocycles. The van der Waals surface area contributed by atoms with E-state index in [4.69, 9.17) is 11.6 Å². The second kappa shape index (κ2) is 4.05. The number of pyridine rings is 1. The van der Waals surface area contributed by atoms with Gasteiger partial charge in [-0.1, -0.05) is 0 Å². The number of nitrogens with zero attached hydrogens (tertiary/aromatic N) is 3. The summed E-state index contributed by atoms with van der Waals surface area (Å²) in [6.45, 7) is 0.285. The maximum Gasteiger partial charge on any atom is 0.387 e. The number of hydrogen-bond acceptors (Lipinski definition) is 4. The molecule has 0 saturated carbocycles. The van der Waals surface area contributed by atoms with Gasteiger partial charge >= 0.3 is 5.82 Å². The summed E-state index contributed by atoms with van der Waals surface area (Å²) in [5, 5.41) is 10.4. The van der Waals surface area contributed by atoms with E-state index in [0.29, 0.717) is 0 Å². The van der Waals surface area contributed by atoms with Crippen molar-refractivity contribution in [3.8, 4) is 0 Å². The number of hydrogen-bond donors (Lipinski definition) is 0. The molecule has 16 heavy (non-hydrogen) atoms. The second-order valence-electron chi connectivity index (χ2n) is 3.41. The normalized spacial score (nSPS) is 20.2. The molecule has 1 atom stereocenters. The summed E-state index contributed by atoms with van der Waals surface area (Å²) in [6, 6.07) is 3.05. The van der Waals surface area contributed by atoms with E-state index >= 15 is 0 Å². The van der Waals surface area contributed by atoms with E-state index in [-0.39, 0.29) is 35.8 Å². The van der Waals surface area contributed by atoms with Gasteiger partial charge in [-0.05, 0) is 22.0 Å². The molecule has 1 aliphatic heterocycles. The van der Waals surface area contributed by atoms with Gasteiger partial charge in [0.1, 0.15) is 11.9 Å². The molecule has 7 heteroatoms. The van der Waals surface area contributed by atoms with Crippen molar-refractivity contribution < 1.29 is 9.72 Å². The minimum absolute atomic E-state index is 0.202. The summed E-state index contributed by atoms with van der Waals surface area (Å²) >= 11 is 5.83. The monoisotopic (exact) mass is 241 g/mol. The first kappa shape index (κ1) is 10.8. The molecule has 1 aromatic rings. The first-order valence-corrected chi connectivity index (χ1v) is 5.07. The van der Waals surface area contributed by atoms with Gasteiger partial charge in [0, 0.05) is 13.0 Å². The molecular formula is C9H8ClN3O3. The van der Waals surface area contributed by atoms with Crippen LogP contribution in [0.5, 0.6) is 0 Å². The Bertz CT molecular complexity index is 451. The molecule has 2 rings (SSSR count). The Kier molecular flexibility index (Phi) is 2.74. The average Bonchev–Trinajstić information content (AvgIpc) is 2.57. The van der Waals surface area contributed by atoms with Gasteiger partial charge in [-0.3, -0.25) is 4.79 Å². The molecule has 6 nitrogen and oxygen atoms in total. The Morgan fingerprint density at radius 2 is 2.38 bits per heavy atom. The van der Waals surface area contributed by atoms with E-state index in [0.717, 1.165) is 0 Å². The van der Waals surface area contributed by atoms with Crippen LogP contribution in [0.2, 0.25) is 0 Å². The minimum Gasteiger partial charge on any atom is -0.358 e. The van der Waals surface area contributed by atoms with Gasteiger partial charge in [-0.2, -0.15) is 0 Å². The van der Waals surface area contributed by atoms with Crippen LogP contribution in [0, 0.1) is 10.1 Å². The summed E-state index contributed by atoms with van der Waals surface area (Å²) in [5.41, 5.74) is 0.209. The van der Waals surface area contributed by atoms with Crippen LogP contribution in [-0.2, 0) is 4.79 Å². The maximum atomic E-state index is 11.6. The lowest BCUT2D eigenvalue weighted by atomic mass is 10.3. The van der Waals surface area contributed by atoms with Crippen molar-refractivity contribution in [2.24, 2.45) is 0 Å². The lowest BCUT2D eigenvalue weighted by Gasteiger charge is -2.14. The Morgan fingerprint density at radius 3 is 2.94 bits per heavy atom. The SMILES string of the molecule is O=C1CC(Cl)CN1c1cccnc1[N+](=O)[O-]. The van der Waals surface area contributed by atoms with Crippen molar-refractivity contribution in [2.75, 3.05) is 11.4 Å². The van der Waals surface area contributed by atoms with Crippen molar-refractivity contribution in [3.63, 3.8) is 0 Å². The van der Waals surface area contributed by atoms with Crippen molar-refractivity contribution in [3.05, 3.63) is 28.4 Å². The van der Waals surface area contributed by atoms with Crippen molar-refractivity contribution in [1.29, 1.82) is 0 Å². The molecule has 0 N–H and O–H groups in total. The molecule has 0 aliphatic carbocycles. The lowest BCUT2D eigenvalue weighted by Crippen LogP contribution is -2.25. The minimum atomic E-state index is -0.607. The molecule has 0 radical (unpaired) electrons. The van der Waals surface area contributed by atoms with Crippen LogP contribution in [-0.4, -0.2) is 27.7 Å². The van der Waals surface area contributed by atoms with Crippen LogP contribution in [0.25, 0.3) is 0 Å². The van der Waals surface area contributed by atoms with Crippen molar-refractivity contribution in [2.45, 2.75) is 11.8 Å². The average molecular weight is 242 g/mol. The first-order valence-electron chi connectivity index (χ1n) is 4.63. The van der Waals surface area contributed by atoms with E-state index in [1.165, 1.54) is 17.2 Å². The van der Waals surface area contributed by atoms with Crippen LogP contribution in [0.4, 0.5) is 11.5 Å². The Labute approximate surface area is 96.0 Å². The van der Waals surface area contributed by atoms with E-state index in [9.17, 15) is 14.9 Å². The number of amides is 1. The Morgan fingerprint density at radius 1 is 1.62 bits per heavy atom. The number of aromatic nitrogens is 1. The highest BCUT2D eigenvalue weighted by Gasteiger charge is 2.33. The fourth-order valence-corrected chi connectivity index (χ4v) is 1.91. The summed E-state index contributed by atoms with van der Waals surface area (Å²) in [6.07, 6.45) is 1.52. The Balaban J connectivity index is 2.40. The molecule has 1 unspecified atom stereocenters. The number of nitro groups is 1. The highest BCUT2D eigenvalue weighted by Crippen LogP contribution is 2.30. The zero-order valence-corrected chi connectivity index (χ0v) is 8.92. The number of halogens is 1. The van der Waals surface area contributed by atoms with E-state index < -0.39 is 4.92 Å². The zero-order chi connectivity index (χ0) is 11.7. The highest BCUT2D eigenvalue weighted by molar-refractivity contribution is 6.24. The molecule has 1 fully saturated rings. The fourth-order valence-electron chi connectivity index (χ4n) is 1.64. The number of rotatable bonds is 2. The van der Waals surface area contributed by atoms with Gasteiger partial charge in [-0.15, -0.1) is 11.6 Å². The lowest BCUT2D eigenvalue weighted by molar-refractivity contribution is -0.388. The maximum absolute atomic E-state index is 11.6. The zero-order valence-electron chi connectivity index (χ0n) is 8.17. The molecule has 1 aliphatic rings. The van der Waals surface area contributed by atoms with Crippen LogP contribution in [0.1, 0.15) is 6.42 Å². The summed E-state index contributed by atoms with van der Waals surface area (Å²) in [7, 11) is 0. The largest absolute Gasteiger partial charge is 0.387 e. The molecule has 1 amide bonds. The standard InChI is InChI=1S/C9H8ClN3O3/c10-6-4-8(14)12(5-6)7-2-1-3-11-9(7)13(15)16/h1-3,6H,4-5H2. The fraction of sp³-hybridized carbons (Fsp3) is 0.333. The molecule has 2 heterocycles. The molecule has 1 saturated heterocycles. The molecule has 0 aromatic carbocycles. The first-order chi connectivity index (χ1) is 7.59. The van der Waals surface area contributed by atoms with Gasteiger partial charge in [0.15, 0.2) is 0 Å². The summed E-state index contributed by atoms with van der Waals surface area (Å²) in [4.78, 5) is 26.6. The predicted octanol–water partition coefficient (Wildman–Crippen LogP) is 1.33. The van der Waals surface area contributed by atoms with Crippen LogP contribution in [0.3, 0.4) is 0 Å². The smallest absolute Gasteiger partial charge is 0.358 e. The number of alkyl halides is 1. The molecule has 0 spiro atoms. The topological polar surface area (TPSA) is 76.3 Å². The van der Waals surface area contributed by atoms with Crippen LogP contribution < -0.4 is 4.90 Å². The second-order valence-corrected chi connectivity index (χ2v) is 4.03. The van der Waals surface area contributed by atoms with Crippen molar-refractivity contribution >= 4 is 29.0 Å². The van der Waals surface area contributed by atoms with Crippen molar-refractivity contribution in [1.82, 2.24) is 4.98 Å². The van der Waals surface area contributed by atoms with E-state index in [2.05, 4.69) is 4.98 Å². The quantitative estimate of drug-likeness (QED) is 0.445. The van der Waals surface area contributed by atoms with Gasteiger partial charge in [0.2, 0.25) is 5.91 Å². The summed E-state index contributed by atoms with van der Waals surface area (Å²) < 4.78 is 0. The highest BCUT2D eigenvalue weighted by atomic mass is 35.5. The van der Waals surface area contributed by atoms with Gasteiger partial charge < -0.3 is 15.0 Å². The van der Waals surface area contributed by atoms with E-state index in [1.54, 1.807) is 6.07 Å². The van der Waals surface area contributed by atoms with Gasteiger partial charge in [0.25, 0.3) is 0 Å². The predicted molar refractivity (Wildman–Crippen MR) is 57.5 cm³/mol. The Hall–Kier alpha value is -1.69. The molecule has 0 bridgehead atoms. The van der Waals surface area contributed by atoms with Gasteiger partial charge in [-0.25, -0.2) is 0 Å². The number of anilines is 1. The van der Waals surface area contributed by atoms with Crippen LogP contribution >= 0.6 is 11.6 Å². The third kappa shape index (κ3) is 1.83. The number of carbonyl (C=O) groups excluding carboxylic acids is 1. The summed E-state index contributed by atoms with van der Waals surface area (Å²) in [5.74, 6) is -0.530.